The summed E-state index contributed by atoms with van der Waals surface area (Å²) in [5.41, 5.74) is 6.20. The van der Waals surface area contributed by atoms with Crippen LogP contribution in [0.15, 0.2) is 46.9 Å². The van der Waals surface area contributed by atoms with Crippen molar-refractivity contribution in [3.05, 3.63) is 58.1 Å². The first-order valence-electron chi connectivity index (χ1n) is 10.9. The van der Waals surface area contributed by atoms with E-state index >= 15 is 0 Å². The predicted octanol–water partition coefficient (Wildman–Crippen LogP) is 4.83. The molecular weight excluding hydrogens is 474 g/mol. The lowest BCUT2D eigenvalue weighted by Crippen LogP contribution is -2.41. The number of nitrogens with one attached hydrogen (secondary N) is 3. The summed E-state index contributed by atoms with van der Waals surface area (Å²) >= 11 is 3.39. The summed E-state index contributed by atoms with van der Waals surface area (Å²) in [6, 6.07) is 11.5. The molecule has 2 aromatic carbocycles. The van der Waals surface area contributed by atoms with Gasteiger partial charge in [-0.15, -0.1) is 0 Å². The van der Waals surface area contributed by atoms with E-state index in [1.807, 2.05) is 6.92 Å². The molecule has 1 aliphatic rings. The highest BCUT2D eigenvalue weighted by atomic mass is 79.9. The van der Waals surface area contributed by atoms with E-state index in [4.69, 9.17) is 4.74 Å². The van der Waals surface area contributed by atoms with Crippen LogP contribution in [-0.4, -0.2) is 24.3 Å². The molecule has 1 saturated carbocycles. The minimum Gasteiger partial charge on any atom is -0.492 e. The van der Waals surface area contributed by atoms with Crippen molar-refractivity contribution in [1.82, 2.24) is 10.9 Å². The molecule has 0 atom stereocenters. The Labute approximate surface area is 196 Å². The number of halogens is 1. The summed E-state index contributed by atoms with van der Waals surface area (Å²) in [5.74, 6) is -0.147. The molecule has 3 amide bonds. The SMILES string of the molecule is CCCOc1ccc(C(=O)NNC(=O)c2ccc(NC(=O)C3CCCCC3)cc2)cc1Br. The van der Waals surface area contributed by atoms with Crippen molar-refractivity contribution < 1.29 is 19.1 Å². The van der Waals surface area contributed by atoms with Crippen LogP contribution in [0.1, 0.15) is 66.2 Å². The third kappa shape index (κ3) is 6.56. The Bertz CT molecular complexity index is 956. The second-order valence-corrected chi connectivity index (χ2v) is 8.66. The summed E-state index contributed by atoms with van der Waals surface area (Å²) in [7, 11) is 0. The molecule has 0 spiro atoms. The highest BCUT2D eigenvalue weighted by Gasteiger charge is 2.21. The molecule has 0 aromatic heterocycles. The monoisotopic (exact) mass is 501 g/mol. The number of hydrogen-bond donors (Lipinski definition) is 3. The minimum absolute atomic E-state index is 0.0337. The van der Waals surface area contributed by atoms with E-state index < -0.39 is 11.8 Å². The van der Waals surface area contributed by atoms with Crippen LogP contribution in [0, 0.1) is 5.92 Å². The van der Waals surface area contributed by atoms with E-state index in [0.717, 1.165) is 32.1 Å². The van der Waals surface area contributed by atoms with Crippen molar-refractivity contribution in [2.45, 2.75) is 45.4 Å². The molecule has 2 aromatic rings. The Morgan fingerprint density at radius 2 is 1.56 bits per heavy atom. The molecule has 32 heavy (non-hydrogen) atoms. The lowest BCUT2D eigenvalue weighted by Gasteiger charge is -2.20. The number of hydrogen-bond acceptors (Lipinski definition) is 4. The first-order chi connectivity index (χ1) is 15.5. The van der Waals surface area contributed by atoms with Crippen molar-refractivity contribution in [1.29, 1.82) is 0 Å². The van der Waals surface area contributed by atoms with Gasteiger partial charge < -0.3 is 10.1 Å². The van der Waals surface area contributed by atoms with Gasteiger partial charge in [-0.2, -0.15) is 0 Å². The smallest absolute Gasteiger partial charge is 0.269 e. The van der Waals surface area contributed by atoms with Crippen molar-refractivity contribution in [3.63, 3.8) is 0 Å². The number of benzene rings is 2. The van der Waals surface area contributed by atoms with Gasteiger partial charge in [-0.3, -0.25) is 25.2 Å². The number of ether oxygens (including phenoxy) is 1. The molecule has 0 unspecified atom stereocenters. The van der Waals surface area contributed by atoms with Gasteiger partial charge in [0.05, 0.1) is 11.1 Å². The summed E-state index contributed by atoms with van der Waals surface area (Å²) in [5, 5.41) is 2.92. The quantitative estimate of drug-likeness (QED) is 0.473. The van der Waals surface area contributed by atoms with Gasteiger partial charge in [-0.25, -0.2) is 0 Å². The molecule has 1 fully saturated rings. The fourth-order valence-electron chi connectivity index (χ4n) is 3.54. The number of carbonyl (C=O) groups excluding carboxylic acids is 3. The van der Waals surface area contributed by atoms with Crippen molar-refractivity contribution in [2.75, 3.05) is 11.9 Å². The van der Waals surface area contributed by atoms with Crippen LogP contribution in [0.4, 0.5) is 5.69 Å². The van der Waals surface area contributed by atoms with Gasteiger partial charge in [0.15, 0.2) is 0 Å². The van der Waals surface area contributed by atoms with Gasteiger partial charge in [0.25, 0.3) is 11.8 Å². The van der Waals surface area contributed by atoms with Crippen LogP contribution < -0.4 is 20.9 Å². The van der Waals surface area contributed by atoms with Crippen LogP contribution in [0.5, 0.6) is 5.75 Å². The van der Waals surface area contributed by atoms with Gasteiger partial charge in [0.2, 0.25) is 5.91 Å². The fraction of sp³-hybridized carbons (Fsp3) is 0.375. The predicted molar refractivity (Wildman–Crippen MR) is 127 cm³/mol. The molecule has 0 heterocycles. The van der Waals surface area contributed by atoms with Gasteiger partial charge in [-0.1, -0.05) is 26.2 Å². The number of amides is 3. The Kier molecular flexibility index (Phi) is 8.67. The standard InChI is InChI=1S/C24H28BrN3O4/c1-2-14-32-21-13-10-18(15-20(21)25)24(31)28-27-23(30)17-8-11-19(12-9-17)26-22(29)16-6-4-3-5-7-16/h8-13,15-16H,2-7,14H2,1H3,(H,26,29)(H,27,30)(H,28,31). The molecule has 7 nitrogen and oxygen atoms in total. The Morgan fingerprint density at radius 3 is 2.19 bits per heavy atom. The average Bonchev–Trinajstić information content (AvgIpc) is 2.82. The Balaban J connectivity index is 1.50. The molecule has 0 radical (unpaired) electrons. The molecule has 0 saturated heterocycles. The molecule has 170 valence electrons. The van der Waals surface area contributed by atoms with E-state index in [1.165, 1.54) is 6.42 Å². The normalized spacial score (nSPS) is 13.8. The van der Waals surface area contributed by atoms with Crippen LogP contribution in [0.2, 0.25) is 0 Å². The zero-order valence-electron chi connectivity index (χ0n) is 18.1. The lowest BCUT2D eigenvalue weighted by molar-refractivity contribution is -0.120. The number of carbonyl (C=O) groups is 3. The Hall–Kier alpha value is -2.87. The third-order valence-electron chi connectivity index (χ3n) is 5.34. The van der Waals surface area contributed by atoms with Crippen molar-refractivity contribution >= 4 is 39.3 Å². The molecule has 0 aliphatic heterocycles. The van der Waals surface area contributed by atoms with Gasteiger partial charge >= 0.3 is 0 Å². The number of hydrazine groups is 1. The van der Waals surface area contributed by atoms with Crippen LogP contribution >= 0.6 is 15.9 Å². The van der Waals surface area contributed by atoms with Crippen LogP contribution in [0.3, 0.4) is 0 Å². The van der Waals surface area contributed by atoms with Gasteiger partial charge in [-0.05, 0) is 77.7 Å². The van der Waals surface area contributed by atoms with Gasteiger partial charge in [0, 0.05) is 22.7 Å². The summed E-state index contributed by atoms with van der Waals surface area (Å²) in [6.07, 6.45) is 6.12. The maximum absolute atomic E-state index is 12.4. The van der Waals surface area contributed by atoms with E-state index in [9.17, 15) is 14.4 Å². The molecule has 3 N–H and O–H groups in total. The maximum atomic E-state index is 12.4. The average molecular weight is 502 g/mol. The fourth-order valence-corrected chi connectivity index (χ4v) is 4.04. The van der Waals surface area contributed by atoms with Crippen LogP contribution in [0.25, 0.3) is 0 Å². The van der Waals surface area contributed by atoms with Gasteiger partial charge in [0.1, 0.15) is 5.75 Å². The second kappa shape index (κ2) is 11.7. The summed E-state index contributed by atoms with van der Waals surface area (Å²) in [4.78, 5) is 37.1. The molecule has 1 aliphatic carbocycles. The van der Waals surface area contributed by atoms with E-state index in [2.05, 4.69) is 32.1 Å². The maximum Gasteiger partial charge on any atom is 0.269 e. The first-order valence-corrected chi connectivity index (χ1v) is 11.7. The largest absolute Gasteiger partial charge is 0.492 e. The zero-order chi connectivity index (χ0) is 22.9. The van der Waals surface area contributed by atoms with Crippen molar-refractivity contribution in [3.8, 4) is 5.75 Å². The molecule has 0 bridgehead atoms. The highest BCUT2D eigenvalue weighted by Crippen LogP contribution is 2.26. The second-order valence-electron chi connectivity index (χ2n) is 7.80. The molecular formula is C24H28BrN3O4. The first kappa shape index (κ1) is 23.8. The minimum atomic E-state index is -0.453. The van der Waals surface area contributed by atoms with Crippen molar-refractivity contribution in [2.24, 2.45) is 5.92 Å². The molecule has 3 rings (SSSR count). The van der Waals surface area contributed by atoms with E-state index in [-0.39, 0.29) is 11.8 Å². The highest BCUT2D eigenvalue weighted by molar-refractivity contribution is 9.10. The number of anilines is 1. The Morgan fingerprint density at radius 1 is 0.938 bits per heavy atom. The third-order valence-corrected chi connectivity index (χ3v) is 5.96. The summed E-state index contributed by atoms with van der Waals surface area (Å²) in [6.45, 7) is 2.60. The molecule has 8 heteroatoms. The van der Waals surface area contributed by atoms with Crippen LogP contribution in [-0.2, 0) is 4.79 Å². The van der Waals surface area contributed by atoms with E-state index in [1.54, 1.807) is 42.5 Å². The lowest BCUT2D eigenvalue weighted by atomic mass is 9.88. The zero-order valence-corrected chi connectivity index (χ0v) is 19.7. The van der Waals surface area contributed by atoms with E-state index in [0.29, 0.717) is 33.6 Å². The number of rotatable bonds is 7. The summed E-state index contributed by atoms with van der Waals surface area (Å²) < 4.78 is 6.23. The topological polar surface area (TPSA) is 96.5 Å².